The predicted molar refractivity (Wildman–Crippen MR) is 108 cm³/mol. The maximum absolute atomic E-state index is 13.2. The van der Waals surface area contributed by atoms with Crippen LogP contribution >= 0.6 is 0 Å². The van der Waals surface area contributed by atoms with Crippen molar-refractivity contribution in [3.63, 3.8) is 0 Å². The largest absolute Gasteiger partial charge is 0.323 e. The Kier molecular flexibility index (Phi) is 4.28. The first-order valence-electron chi connectivity index (χ1n) is 9.28. The highest BCUT2D eigenvalue weighted by molar-refractivity contribution is 6.09. The number of rotatable bonds is 3. The van der Waals surface area contributed by atoms with E-state index in [4.69, 9.17) is 0 Å². The minimum Gasteiger partial charge on any atom is -0.323 e. The highest BCUT2D eigenvalue weighted by atomic mass is 19.1. The van der Waals surface area contributed by atoms with Crippen molar-refractivity contribution in [3.8, 4) is 5.69 Å². The summed E-state index contributed by atoms with van der Waals surface area (Å²) in [5, 5.41) is 14.9. The van der Waals surface area contributed by atoms with Gasteiger partial charge in [0.05, 0.1) is 23.3 Å². The fraction of sp³-hybridized carbons (Fsp3) is 0.100. The van der Waals surface area contributed by atoms with Crippen LogP contribution in [-0.2, 0) is 16.1 Å². The van der Waals surface area contributed by atoms with E-state index in [2.05, 4.69) is 20.7 Å². The quantitative estimate of drug-likeness (QED) is 0.532. The van der Waals surface area contributed by atoms with Crippen molar-refractivity contribution in [1.29, 1.82) is 0 Å². The van der Waals surface area contributed by atoms with E-state index < -0.39 is 23.8 Å². The number of hydrogen-bond acceptors (Lipinski definition) is 6. The molecule has 1 aliphatic heterocycles. The lowest BCUT2D eigenvalue weighted by molar-refractivity contribution is -0.122. The molecule has 31 heavy (non-hydrogen) atoms. The van der Waals surface area contributed by atoms with Crippen molar-refractivity contribution in [2.45, 2.75) is 6.54 Å². The molecule has 11 heteroatoms. The Bertz CT molecular complexity index is 1390. The molecule has 2 amide bonds. The second-order valence-electron chi connectivity index (χ2n) is 6.87. The molecule has 0 aliphatic carbocycles. The lowest BCUT2D eigenvalue weighted by Crippen LogP contribution is -2.45. The predicted octanol–water partition coefficient (Wildman–Crippen LogP) is 1.10. The number of benzene rings is 2. The average molecular weight is 419 g/mol. The molecule has 0 bridgehead atoms. The molecule has 0 radical (unpaired) electrons. The van der Waals surface area contributed by atoms with Gasteiger partial charge in [-0.2, -0.15) is 5.10 Å². The van der Waals surface area contributed by atoms with Crippen LogP contribution in [0.3, 0.4) is 0 Å². The summed E-state index contributed by atoms with van der Waals surface area (Å²) in [5.41, 5.74) is 1.19. The number of hydrogen-bond donors (Lipinski definition) is 1. The van der Waals surface area contributed by atoms with Gasteiger partial charge in [-0.25, -0.2) is 13.8 Å². The number of carbonyl (C=O) groups excluding carboxylic acids is 2. The SMILES string of the molecule is O=C1CN(C(=O)Cn2nnc3c(cnn3-c3ccc(F)cc3)c2=O)c2ccccc2N1. The van der Waals surface area contributed by atoms with E-state index >= 15 is 0 Å². The Balaban J connectivity index is 1.47. The molecule has 2 aromatic heterocycles. The topological polar surface area (TPSA) is 115 Å². The van der Waals surface area contributed by atoms with Crippen LogP contribution in [0, 0.1) is 5.82 Å². The molecule has 0 saturated heterocycles. The standard InChI is InChI=1S/C20H14FN7O3/c21-12-5-7-13(8-6-12)28-19-14(9-22-28)20(31)27(25-24-19)11-18(30)26-10-17(29)23-15-3-1-2-4-16(15)26/h1-9H,10-11H2,(H,23,29). The number of para-hydroxylation sites is 2. The van der Waals surface area contributed by atoms with E-state index in [9.17, 15) is 18.8 Å². The van der Waals surface area contributed by atoms with E-state index in [0.717, 1.165) is 4.68 Å². The van der Waals surface area contributed by atoms with Crippen molar-refractivity contribution in [2.75, 3.05) is 16.8 Å². The van der Waals surface area contributed by atoms with E-state index in [1.807, 2.05) is 0 Å². The molecule has 154 valence electrons. The van der Waals surface area contributed by atoms with Gasteiger partial charge in [0.2, 0.25) is 11.8 Å². The zero-order valence-electron chi connectivity index (χ0n) is 15.9. The van der Waals surface area contributed by atoms with Gasteiger partial charge < -0.3 is 5.32 Å². The second-order valence-corrected chi connectivity index (χ2v) is 6.87. The normalized spacial score (nSPS) is 13.2. The molecule has 5 rings (SSSR count). The van der Waals surface area contributed by atoms with Crippen LogP contribution in [0.2, 0.25) is 0 Å². The van der Waals surface area contributed by atoms with E-state index in [-0.39, 0.29) is 23.5 Å². The Labute approximate surface area is 173 Å². The number of amides is 2. The van der Waals surface area contributed by atoms with Gasteiger partial charge in [-0.1, -0.05) is 17.3 Å². The zero-order valence-corrected chi connectivity index (χ0v) is 15.9. The summed E-state index contributed by atoms with van der Waals surface area (Å²) < 4.78 is 15.5. The molecule has 10 nitrogen and oxygen atoms in total. The van der Waals surface area contributed by atoms with E-state index in [1.54, 1.807) is 24.3 Å². The number of nitrogens with zero attached hydrogens (tertiary/aromatic N) is 6. The molecule has 0 fully saturated rings. The summed E-state index contributed by atoms with van der Waals surface area (Å²) >= 11 is 0. The fourth-order valence-corrected chi connectivity index (χ4v) is 3.41. The van der Waals surface area contributed by atoms with Crippen LogP contribution in [-0.4, -0.2) is 43.1 Å². The van der Waals surface area contributed by atoms with Gasteiger partial charge in [0.15, 0.2) is 5.65 Å². The summed E-state index contributed by atoms with van der Waals surface area (Å²) in [4.78, 5) is 39.0. The van der Waals surface area contributed by atoms with Crippen molar-refractivity contribution in [2.24, 2.45) is 0 Å². The van der Waals surface area contributed by atoms with Gasteiger partial charge in [-0.3, -0.25) is 19.3 Å². The van der Waals surface area contributed by atoms with Crippen molar-refractivity contribution >= 4 is 34.2 Å². The Morgan fingerprint density at radius 3 is 2.68 bits per heavy atom. The number of aromatic nitrogens is 5. The van der Waals surface area contributed by atoms with Crippen LogP contribution in [0.25, 0.3) is 16.7 Å². The van der Waals surface area contributed by atoms with Gasteiger partial charge in [0, 0.05) is 0 Å². The van der Waals surface area contributed by atoms with Crippen LogP contribution in [0.4, 0.5) is 15.8 Å². The molecular weight excluding hydrogens is 405 g/mol. The zero-order chi connectivity index (χ0) is 21.5. The molecule has 0 atom stereocenters. The summed E-state index contributed by atoms with van der Waals surface area (Å²) in [6.45, 7) is -0.562. The first-order chi connectivity index (χ1) is 15.0. The number of carbonyl (C=O) groups is 2. The van der Waals surface area contributed by atoms with Gasteiger partial charge in [-0.15, -0.1) is 5.10 Å². The molecule has 2 aromatic carbocycles. The van der Waals surface area contributed by atoms with E-state index in [0.29, 0.717) is 17.1 Å². The van der Waals surface area contributed by atoms with Crippen molar-refractivity contribution in [1.82, 2.24) is 24.8 Å². The Morgan fingerprint density at radius 2 is 1.87 bits per heavy atom. The maximum Gasteiger partial charge on any atom is 0.281 e. The third-order valence-electron chi connectivity index (χ3n) is 4.88. The number of halogens is 1. The summed E-state index contributed by atoms with van der Waals surface area (Å²) in [6.07, 6.45) is 1.32. The first-order valence-corrected chi connectivity index (χ1v) is 9.28. The second kappa shape index (κ2) is 7.13. The van der Waals surface area contributed by atoms with Crippen molar-refractivity contribution in [3.05, 3.63) is 70.9 Å². The van der Waals surface area contributed by atoms with Crippen LogP contribution in [0.5, 0.6) is 0 Å². The maximum atomic E-state index is 13.2. The van der Waals surface area contributed by atoms with Gasteiger partial charge in [0.25, 0.3) is 5.56 Å². The molecule has 3 heterocycles. The van der Waals surface area contributed by atoms with Gasteiger partial charge >= 0.3 is 0 Å². The third kappa shape index (κ3) is 3.21. The highest BCUT2D eigenvalue weighted by Crippen LogP contribution is 2.28. The Hall–Kier alpha value is -4.41. The summed E-state index contributed by atoms with van der Waals surface area (Å²) in [7, 11) is 0. The molecular formula is C20H14FN7O3. The summed E-state index contributed by atoms with van der Waals surface area (Å²) in [6, 6.07) is 12.4. The molecule has 0 unspecified atom stereocenters. The monoisotopic (exact) mass is 419 g/mol. The van der Waals surface area contributed by atoms with Gasteiger partial charge in [-0.05, 0) is 36.4 Å². The minimum atomic E-state index is -0.554. The van der Waals surface area contributed by atoms with Crippen LogP contribution < -0.4 is 15.8 Å². The molecule has 4 aromatic rings. The number of nitrogens with one attached hydrogen (secondary N) is 1. The van der Waals surface area contributed by atoms with E-state index in [1.165, 1.54) is 40.0 Å². The third-order valence-corrected chi connectivity index (χ3v) is 4.88. The first kappa shape index (κ1) is 18.6. The summed E-state index contributed by atoms with van der Waals surface area (Å²) in [5.74, 6) is -1.22. The average Bonchev–Trinajstić information content (AvgIpc) is 3.20. The number of anilines is 2. The smallest absolute Gasteiger partial charge is 0.281 e. The molecule has 1 N–H and O–H groups in total. The lowest BCUT2D eigenvalue weighted by Gasteiger charge is -2.29. The fourth-order valence-electron chi connectivity index (χ4n) is 3.41. The van der Waals surface area contributed by atoms with Crippen LogP contribution in [0.15, 0.2) is 59.5 Å². The van der Waals surface area contributed by atoms with Crippen molar-refractivity contribution < 1.29 is 14.0 Å². The number of fused-ring (bicyclic) bond motifs is 2. The van der Waals surface area contributed by atoms with Crippen LogP contribution in [0.1, 0.15) is 0 Å². The molecule has 0 saturated carbocycles. The molecule has 0 spiro atoms. The minimum absolute atomic E-state index is 0.156. The molecule has 1 aliphatic rings. The highest BCUT2D eigenvalue weighted by Gasteiger charge is 2.27. The van der Waals surface area contributed by atoms with Gasteiger partial charge in [0.1, 0.15) is 24.3 Å². The lowest BCUT2D eigenvalue weighted by atomic mass is 10.2. The Morgan fingerprint density at radius 1 is 1.10 bits per heavy atom.